The van der Waals surface area contributed by atoms with Gasteiger partial charge in [0.25, 0.3) is 5.91 Å². The van der Waals surface area contributed by atoms with Crippen LogP contribution >= 0.6 is 23.6 Å². The second-order valence-electron chi connectivity index (χ2n) is 8.24. The number of nitrogens with zero attached hydrogens (tertiary/aromatic N) is 5. The van der Waals surface area contributed by atoms with Gasteiger partial charge in [0.2, 0.25) is 0 Å². The quantitative estimate of drug-likeness (QED) is 0.487. The van der Waals surface area contributed by atoms with Gasteiger partial charge in [-0.15, -0.1) is 11.3 Å². The van der Waals surface area contributed by atoms with E-state index in [-0.39, 0.29) is 5.91 Å². The van der Waals surface area contributed by atoms with Gasteiger partial charge in [-0.3, -0.25) is 14.4 Å². The Morgan fingerprint density at radius 3 is 2.45 bits per heavy atom. The molecule has 2 aromatic heterocycles. The summed E-state index contributed by atoms with van der Waals surface area (Å²) in [7, 11) is 4.71. The number of amides is 1. The van der Waals surface area contributed by atoms with Gasteiger partial charge in [-0.25, -0.2) is 4.79 Å². The third-order valence-electron chi connectivity index (χ3n) is 5.78. The fraction of sp³-hybridized carbons (Fsp3) is 0.545. The van der Waals surface area contributed by atoms with Gasteiger partial charge >= 0.3 is 5.97 Å². The number of carbonyl (C=O) groups excluding carboxylic acids is 2. The number of anilines is 1. The van der Waals surface area contributed by atoms with Gasteiger partial charge in [0.05, 0.1) is 23.2 Å². The van der Waals surface area contributed by atoms with Crippen LogP contribution in [-0.2, 0) is 17.8 Å². The van der Waals surface area contributed by atoms with Gasteiger partial charge in [0.1, 0.15) is 5.00 Å². The molecular weight excluding hydrogens is 460 g/mol. The highest BCUT2D eigenvalue weighted by atomic mass is 32.1. The Bertz CT molecular complexity index is 1040. The largest absolute Gasteiger partial charge is 0.465 e. The van der Waals surface area contributed by atoms with Crippen LogP contribution in [0.4, 0.5) is 5.00 Å². The predicted molar refractivity (Wildman–Crippen MR) is 134 cm³/mol. The van der Waals surface area contributed by atoms with Crippen molar-refractivity contribution in [1.29, 1.82) is 0 Å². The topological polar surface area (TPSA) is 82.9 Å². The minimum atomic E-state index is -0.486. The molecule has 3 heterocycles. The van der Waals surface area contributed by atoms with E-state index in [1.54, 1.807) is 21.0 Å². The number of aromatic nitrogens is 2. The lowest BCUT2D eigenvalue weighted by Gasteiger charge is -2.36. The molecular formula is C22H32N6O3S2. The molecule has 33 heavy (non-hydrogen) atoms. The van der Waals surface area contributed by atoms with Gasteiger partial charge in [0, 0.05) is 65.1 Å². The molecule has 1 fully saturated rings. The van der Waals surface area contributed by atoms with Gasteiger partial charge in [0.15, 0.2) is 5.11 Å². The van der Waals surface area contributed by atoms with Crippen LogP contribution in [0.1, 0.15) is 43.8 Å². The Kier molecular flexibility index (Phi) is 8.09. The van der Waals surface area contributed by atoms with Crippen LogP contribution in [0.15, 0.2) is 6.20 Å². The Hall–Kier alpha value is -2.50. The SMILES string of the molecule is CCn1cc(CN2CCN(C(=S)Nc3sc(C(=O)N(C)C)c(C)c3C(=O)OC)CC2)c(C)n1. The van der Waals surface area contributed by atoms with Crippen molar-refractivity contribution < 1.29 is 14.3 Å². The lowest BCUT2D eigenvalue weighted by atomic mass is 10.1. The number of nitrogens with one attached hydrogen (secondary N) is 1. The zero-order valence-corrected chi connectivity index (χ0v) is 21.7. The van der Waals surface area contributed by atoms with Gasteiger partial charge in [-0.1, -0.05) is 0 Å². The number of methoxy groups -OCH3 is 1. The van der Waals surface area contributed by atoms with E-state index in [0.29, 0.717) is 26.1 Å². The number of carbonyl (C=O) groups is 2. The van der Waals surface area contributed by atoms with Crippen LogP contribution < -0.4 is 5.32 Å². The summed E-state index contributed by atoms with van der Waals surface area (Å²) in [5.74, 6) is -0.642. The summed E-state index contributed by atoms with van der Waals surface area (Å²) in [5, 5.41) is 8.82. The number of ether oxygens (including phenoxy) is 1. The van der Waals surface area contributed by atoms with Crippen LogP contribution in [0, 0.1) is 13.8 Å². The molecule has 0 aromatic carbocycles. The summed E-state index contributed by atoms with van der Waals surface area (Å²) in [6.45, 7) is 10.9. The Morgan fingerprint density at radius 1 is 1.24 bits per heavy atom. The van der Waals surface area contributed by atoms with E-state index in [0.717, 1.165) is 45.0 Å². The second kappa shape index (κ2) is 10.6. The molecule has 11 heteroatoms. The number of thiocarbonyl (C=S) groups is 1. The van der Waals surface area contributed by atoms with Crippen molar-refractivity contribution in [2.24, 2.45) is 0 Å². The van der Waals surface area contributed by atoms with Gasteiger partial charge in [-0.05, 0) is 38.6 Å². The number of aryl methyl sites for hydroxylation is 2. The molecule has 2 aromatic rings. The Morgan fingerprint density at radius 2 is 1.91 bits per heavy atom. The van der Waals surface area contributed by atoms with E-state index in [1.165, 1.54) is 28.9 Å². The Labute approximate surface area is 204 Å². The van der Waals surface area contributed by atoms with E-state index >= 15 is 0 Å². The van der Waals surface area contributed by atoms with Crippen LogP contribution in [0.25, 0.3) is 0 Å². The first-order valence-electron chi connectivity index (χ1n) is 10.9. The van der Waals surface area contributed by atoms with Crippen LogP contribution in [0.2, 0.25) is 0 Å². The number of esters is 1. The van der Waals surface area contributed by atoms with Crippen LogP contribution in [-0.4, -0.2) is 88.9 Å². The summed E-state index contributed by atoms with van der Waals surface area (Å²) >= 11 is 6.89. The highest BCUT2D eigenvalue weighted by Crippen LogP contribution is 2.34. The number of piperazine rings is 1. The summed E-state index contributed by atoms with van der Waals surface area (Å²) in [6.07, 6.45) is 2.12. The highest BCUT2D eigenvalue weighted by Gasteiger charge is 2.28. The molecule has 0 unspecified atom stereocenters. The number of hydrogen-bond donors (Lipinski definition) is 1. The van der Waals surface area contributed by atoms with Crippen molar-refractivity contribution in [2.75, 3.05) is 52.7 Å². The van der Waals surface area contributed by atoms with Gasteiger partial charge in [-0.2, -0.15) is 5.10 Å². The maximum atomic E-state index is 12.6. The van der Waals surface area contributed by atoms with E-state index in [1.807, 2.05) is 11.6 Å². The standard InChI is InChI=1S/C22H32N6O3S2/c1-7-28-13-16(15(3)24-28)12-26-8-10-27(11-9-26)22(32)23-19-17(21(30)31-6)14(2)18(33-19)20(29)25(4)5/h13H,7-12H2,1-6H3,(H,23,32). The third-order valence-corrected chi connectivity index (χ3v) is 7.34. The predicted octanol–water partition coefficient (Wildman–Crippen LogP) is 2.58. The van der Waals surface area contributed by atoms with Gasteiger partial charge < -0.3 is 19.9 Å². The summed E-state index contributed by atoms with van der Waals surface area (Å²) in [5.41, 5.74) is 3.28. The summed E-state index contributed by atoms with van der Waals surface area (Å²) in [4.78, 5) is 31.5. The van der Waals surface area contributed by atoms with Crippen molar-refractivity contribution in [3.63, 3.8) is 0 Å². The normalized spacial score (nSPS) is 14.3. The average Bonchev–Trinajstić information content (AvgIpc) is 3.31. The number of hydrogen-bond acceptors (Lipinski definition) is 7. The maximum absolute atomic E-state index is 12.6. The molecule has 1 aliphatic rings. The molecule has 9 nitrogen and oxygen atoms in total. The molecule has 3 rings (SSSR count). The smallest absolute Gasteiger partial charge is 0.341 e. The molecule has 0 bridgehead atoms. The molecule has 0 radical (unpaired) electrons. The molecule has 1 aliphatic heterocycles. The first-order chi connectivity index (χ1) is 15.7. The second-order valence-corrected chi connectivity index (χ2v) is 9.65. The van der Waals surface area contributed by atoms with Crippen molar-refractivity contribution in [1.82, 2.24) is 24.5 Å². The monoisotopic (exact) mass is 492 g/mol. The van der Waals surface area contributed by atoms with Crippen LogP contribution in [0.3, 0.4) is 0 Å². The van der Waals surface area contributed by atoms with Crippen molar-refractivity contribution in [2.45, 2.75) is 33.9 Å². The number of thiophene rings is 1. The minimum absolute atomic E-state index is 0.156. The van der Waals surface area contributed by atoms with E-state index in [2.05, 4.69) is 33.3 Å². The van der Waals surface area contributed by atoms with Crippen molar-refractivity contribution in [3.8, 4) is 0 Å². The summed E-state index contributed by atoms with van der Waals surface area (Å²) < 4.78 is 6.93. The molecule has 1 saturated heterocycles. The van der Waals surface area contributed by atoms with Crippen molar-refractivity contribution in [3.05, 3.63) is 33.5 Å². The molecule has 0 saturated carbocycles. The molecule has 1 N–H and O–H groups in total. The molecule has 1 amide bonds. The molecule has 0 aliphatic carbocycles. The average molecular weight is 493 g/mol. The fourth-order valence-corrected chi connectivity index (χ4v) is 5.32. The molecule has 0 atom stereocenters. The van der Waals surface area contributed by atoms with E-state index < -0.39 is 5.97 Å². The molecule has 0 spiro atoms. The zero-order valence-electron chi connectivity index (χ0n) is 20.1. The Balaban J connectivity index is 1.67. The van der Waals surface area contributed by atoms with Crippen molar-refractivity contribution >= 4 is 45.5 Å². The lowest BCUT2D eigenvalue weighted by Crippen LogP contribution is -2.49. The first kappa shape index (κ1) is 25.1. The zero-order chi connectivity index (χ0) is 24.3. The maximum Gasteiger partial charge on any atom is 0.341 e. The first-order valence-corrected chi connectivity index (χ1v) is 12.1. The lowest BCUT2D eigenvalue weighted by molar-refractivity contribution is 0.0601. The van der Waals surface area contributed by atoms with E-state index in [9.17, 15) is 9.59 Å². The highest BCUT2D eigenvalue weighted by molar-refractivity contribution is 7.80. The van der Waals surface area contributed by atoms with Crippen LogP contribution in [0.5, 0.6) is 0 Å². The number of rotatable bonds is 6. The fourth-order valence-electron chi connectivity index (χ4n) is 3.76. The molecule has 180 valence electrons. The van der Waals surface area contributed by atoms with E-state index in [4.69, 9.17) is 17.0 Å². The summed E-state index contributed by atoms with van der Waals surface area (Å²) in [6, 6.07) is 0. The minimum Gasteiger partial charge on any atom is -0.465 e. The third kappa shape index (κ3) is 5.53.